The third kappa shape index (κ3) is 4.33. The van der Waals surface area contributed by atoms with Gasteiger partial charge in [0.1, 0.15) is 0 Å². The van der Waals surface area contributed by atoms with E-state index in [2.05, 4.69) is 19.2 Å². The smallest absolute Gasteiger partial charge is 0.281 e. The van der Waals surface area contributed by atoms with E-state index in [4.69, 9.17) is 4.98 Å². The van der Waals surface area contributed by atoms with Gasteiger partial charge in [0.25, 0.3) is 5.91 Å². The number of carbonyl (C=O) groups is 2. The van der Waals surface area contributed by atoms with Crippen LogP contribution in [-0.2, 0) is 16.0 Å². The minimum absolute atomic E-state index is 0.00829. The summed E-state index contributed by atoms with van der Waals surface area (Å²) in [6.07, 6.45) is 4.42. The van der Waals surface area contributed by atoms with Gasteiger partial charge >= 0.3 is 0 Å². The lowest BCUT2D eigenvalue weighted by Crippen LogP contribution is -3.06. The maximum Gasteiger partial charge on any atom is 0.281 e. The number of amides is 2. The number of thiazole rings is 1. The third-order valence-corrected chi connectivity index (χ3v) is 9.12. The topological polar surface area (TPSA) is 87.0 Å². The first-order chi connectivity index (χ1) is 15.1. The van der Waals surface area contributed by atoms with Gasteiger partial charge in [-0.25, -0.2) is 4.98 Å². The van der Waals surface area contributed by atoms with Gasteiger partial charge in [0, 0.05) is 29.8 Å². The molecule has 1 saturated carbocycles. The van der Waals surface area contributed by atoms with Crippen molar-refractivity contribution in [1.82, 2.24) is 9.88 Å². The summed E-state index contributed by atoms with van der Waals surface area (Å²) in [5.74, 6) is 0.185. The van der Waals surface area contributed by atoms with Crippen molar-refractivity contribution in [2.75, 3.05) is 39.0 Å². The number of anilines is 1. The molecule has 7 nitrogen and oxygen atoms in total. The molecule has 1 aromatic rings. The van der Waals surface area contributed by atoms with Crippen molar-refractivity contribution >= 4 is 28.3 Å². The Morgan fingerprint density at radius 3 is 2.69 bits per heavy atom. The number of carbonyl (C=O) groups excluding carboxylic acids is 2. The molecule has 32 heavy (non-hydrogen) atoms. The minimum Gasteiger partial charge on any atom is -0.392 e. The van der Waals surface area contributed by atoms with Gasteiger partial charge in [-0.3, -0.25) is 14.9 Å². The molecule has 2 amide bonds. The molecule has 2 fully saturated rings. The summed E-state index contributed by atoms with van der Waals surface area (Å²) < 4.78 is 0. The average Bonchev–Trinajstić information content (AvgIpc) is 3.36. The molecule has 1 aliphatic heterocycles. The fourth-order valence-electron chi connectivity index (χ4n) is 6.49. The summed E-state index contributed by atoms with van der Waals surface area (Å²) in [5, 5.41) is 15.2. The summed E-state index contributed by atoms with van der Waals surface area (Å²) in [4.78, 5) is 34.4. The molecule has 2 heterocycles. The van der Waals surface area contributed by atoms with Gasteiger partial charge in [-0.05, 0) is 49.4 Å². The summed E-state index contributed by atoms with van der Waals surface area (Å²) >= 11 is 1.58. The van der Waals surface area contributed by atoms with Crippen molar-refractivity contribution in [3.05, 3.63) is 10.6 Å². The number of quaternary nitrogens is 1. The number of aliphatic hydroxyl groups excluding tert-OH is 1. The fourth-order valence-corrected chi connectivity index (χ4v) is 7.77. The molecule has 8 heteroatoms. The van der Waals surface area contributed by atoms with Gasteiger partial charge < -0.3 is 14.9 Å². The normalized spacial score (nSPS) is 33.0. The van der Waals surface area contributed by atoms with E-state index in [-0.39, 0.29) is 40.9 Å². The number of rotatable bonds is 5. The Morgan fingerprint density at radius 2 is 2.03 bits per heavy atom. The van der Waals surface area contributed by atoms with E-state index in [0.717, 1.165) is 55.8 Å². The van der Waals surface area contributed by atoms with Crippen LogP contribution in [0.1, 0.15) is 62.9 Å². The Kier molecular flexibility index (Phi) is 6.67. The number of aliphatic hydroxyl groups is 1. The number of aromatic nitrogens is 1. The molecule has 0 unspecified atom stereocenters. The second kappa shape index (κ2) is 9.03. The highest BCUT2D eigenvalue weighted by molar-refractivity contribution is 7.15. The Bertz CT molecular complexity index is 865. The molecule has 0 spiro atoms. The molecule has 3 N–H and O–H groups in total. The van der Waals surface area contributed by atoms with Crippen molar-refractivity contribution in [3.8, 4) is 0 Å². The van der Waals surface area contributed by atoms with E-state index in [1.807, 2.05) is 25.9 Å². The summed E-state index contributed by atoms with van der Waals surface area (Å²) in [6, 6.07) is 0. The molecular formula is C24H39N4O3S+. The van der Waals surface area contributed by atoms with Crippen molar-refractivity contribution in [3.63, 3.8) is 0 Å². The second-order valence-electron chi connectivity index (χ2n) is 10.9. The standard InChI is InChI=1S/C24H38N4O3S/c1-14(22(31)28-10-6-7-11-28)16-8-9-24(3)12-17-20(15(2)19(24)21(16)30)26-23(32-17)25-18(29)13-27(4)5/h14-16,19,21,30H,6-13H2,1-5H3,(H,25,26,29)/p+1/t14-,15-,16+,19+,21-,24-/m0/s1. The molecule has 0 aromatic carbocycles. The molecule has 1 saturated heterocycles. The van der Waals surface area contributed by atoms with Crippen LogP contribution in [0.15, 0.2) is 0 Å². The molecular weight excluding hydrogens is 424 g/mol. The molecule has 1 aromatic heterocycles. The molecule has 6 atom stereocenters. The molecule has 2 aliphatic carbocycles. The minimum atomic E-state index is -0.518. The zero-order valence-corrected chi connectivity index (χ0v) is 20.9. The zero-order valence-electron chi connectivity index (χ0n) is 20.1. The molecule has 0 bridgehead atoms. The van der Waals surface area contributed by atoms with Crippen LogP contribution in [0.2, 0.25) is 0 Å². The van der Waals surface area contributed by atoms with Gasteiger partial charge in [0.15, 0.2) is 11.7 Å². The first-order valence-electron chi connectivity index (χ1n) is 12.2. The first kappa shape index (κ1) is 23.6. The van der Waals surface area contributed by atoms with Gasteiger partial charge in [0.2, 0.25) is 5.91 Å². The van der Waals surface area contributed by atoms with Gasteiger partial charge in [0.05, 0.1) is 25.9 Å². The molecule has 4 rings (SSSR count). The van der Waals surface area contributed by atoms with E-state index in [0.29, 0.717) is 11.7 Å². The van der Waals surface area contributed by atoms with Crippen LogP contribution in [-0.4, -0.2) is 66.6 Å². The van der Waals surface area contributed by atoms with Crippen LogP contribution in [0.5, 0.6) is 0 Å². The van der Waals surface area contributed by atoms with Crippen molar-refractivity contribution in [2.24, 2.45) is 23.2 Å². The Balaban J connectivity index is 1.53. The van der Waals surface area contributed by atoms with E-state index >= 15 is 0 Å². The lowest BCUT2D eigenvalue weighted by molar-refractivity contribution is -0.849. The molecule has 3 aliphatic rings. The third-order valence-electron chi connectivity index (χ3n) is 8.13. The van der Waals surface area contributed by atoms with Gasteiger partial charge in [-0.15, -0.1) is 11.3 Å². The number of hydrogen-bond donors (Lipinski definition) is 3. The van der Waals surface area contributed by atoms with Crippen molar-refractivity contribution in [1.29, 1.82) is 0 Å². The predicted molar refractivity (Wildman–Crippen MR) is 126 cm³/mol. The van der Waals surface area contributed by atoms with Gasteiger partial charge in [-0.2, -0.15) is 0 Å². The fraction of sp³-hybridized carbons (Fsp3) is 0.792. The Labute approximate surface area is 195 Å². The van der Waals surface area contributed by atoms with Crippen LogP contribution in [0.25, 0.3) is 0 Å². The average molecular weight is 464 g/mol. The number of nitrogens with one attached hydrogen (secondary N) is 2. The van der Waals surface area contributed by atoms with Crippen LogP contribution in [0, 0.1) is 23.2 Å². The SMILES string of the molecule is C[C@H](C(=O)N1CCCC1)[C@H]1CC[C@@]2(C)Cc3sc(NC(=O)C[NH+](C)C)nc3[C@@H](C)[C@@H]2[C@H]1O. The van der Waals surface area contributed by atoms with Crippen molar-refractivity contribution < 1.29 is 19.6 Å². The lowest BCUT2D eigenvalue weighted by Gasteiger charge is -2.53. The monoisotopic (exact) mass is 463 g/mol. The van der Waals surface area contributed by atoms with Crippen LogP contribution in [0.3, 0.4) is 0 Å². The highest BCUT2D eigenvalue weighted by Crippen LogP contribution is 2.57. The van der Waals surface area contributed by atoms with Crippen molar-refractivity contribution in [2.45, 2.75) is 64.9 Å². The summed E-state index contributed by atoms with van der Waals surface area (Å²) in [6.45, 7) is 8.58. The Hall–Kier alpha value is -1.51. The van der Waals surface area contributed by atoms with E-state index in [1.54, 1.807) is 11.3 Å². The van der Waals surface area contributed by atoms with Crippen LogP contribution >= 0.6 is 11.3 Å². The van der Waals surface area contributed by atoms with Crippen LogP contribution in [0.4, 0.5) is 5.13 Å². The number of likely N-dealkylation sites (tertiary alicyclic amines) is 1. The first-order valence-corrected chi connectivity index (χ1v) is 13.0. The summed E-state index contributed by atoms with van der Waals surface area (Å²) in [7, 11) is 3.90. The lowest BCUT2D eigenvalue weighted by atomic mass is 9.53. The van der Waals surface area contributed by atoms with E-state index in [1.165, 1.54) is 4.88 Å². The highest BCUT2D eigenvalue weighted by atomic mass is 32.1. The second-order valence-corrected chi connectivity index (χ2v) is 12.0. The number of nitrogens with zero attached hydrogens (tertiary/aromatic N) is 2. The maximum absolute atomic E-state index is 13.1. The predicted octanol–water partition coefficient (Wildman–Crippen LogP) is 1.54. The number of fused-ring (bicyclic) bond motifs is 2. The van der Waals surface area contributed by atoms with E-state index in [9.17, 15) is 14.7 Å². The number of hydrogen-bond acceptors (Lipinski definition) is 5. The number of likely N-dealkylation sites (N-methyl/N-ethyl adjacent to an activating group) is 1. The molecule has 0 radical (unpaired) electrons. The molecule has 178 valence electrons. The largest absolute Gasteiger partial charge is 0.392 e. The summed E-state index contributed by atoms with van der Waals surface area (Å²) in [5.41, 5.74) is 1.00. The highest BCUT2D eigenvalue weighted by Gasteiger charge is 2.54. The Morgan fingerprint density at radius 1 is 1.34 bits per heavy atom. The quantitative estimate of drug-likeness (QED) is 0.618. The van der Waals surface area contributed by atoms with E-state index < -0.39 is 6.10 Å². The zero-order chi connectivity index (χ0) is 23.2. The van der Waals surface area contributed by atoms with Crippen LogP contribution < -0.4 is 10.2 Å². The maximum atomic E-state index is 13.1. The van der Waals surface area contributed by atoms with Gasteiger partial charge in [-0.1, -0.05) is 20.8 Å².